The molecule has 0 saturated heterocycles. The highest BCUT2D eigenvalue weighted by atomic mass is 14.2. The van der Waals surface area contributed by atoms with Gasteiger partial charge in [0.1, 0.15) is 6.71 Å². The first-order valence-corrected chi connectivity index (χ1v) is 7.84. The van der Waals surface area contributed by atoms with Gasteiger partial charge in [-0.2, -0.15) is 0 Å². The first-order valence-electron chi connectivity index (χ1n) is 7.84. The lowest BCUT2D eigenvalue weighted by atomic mass is 9.34. The van der Waals surface area contributed by atoms with Crippen LogP contribution < -0.4 is 0 Å². The van der Waals surface area contributed by atoms with Crippen molar-refractivity contribution in [2.24, 2.45) is 0 Å². The zero-order valence-electron chi connectivity index (χ0n) is 12.5. The molecule has 0 aromatic heterocycles. The average Bonchev–Trinajstić information content (AvgIpc) is 2.33. The molecule has 0 aliphatic heterocycles. The summed E-state index contributed by atoms with van der Waals surface area (Å²) in [6.07, 6.45) is 12.8. The molecule has 0 aromatic rings. The number of hydrogen-bond acceptors (Lipinski definition) is 0. The van der Waals surface area contributed by atoms with Crippen LogP contribution in [0.4, 0.5) is 0 Å². The van der Waals surface area contributed by atoms with Gasteiger partial charge in [0.2, 0.25) is 0 Å². The topological polar surface area (TPSA) is 0 Å². The van der Waals surface area contributed by atoms with Crippen LogP contribution in [0.5, 0.6) is 0 Å². The molecule has 1 aliphatic carbocycles. The van der Waals surface area contributed by atoms with Gasteiger partial charge in [0, 0.05) is 0 Å². The smallest absolute Gasteiger partial charge is 0.0748 e. The van der Waals surface area contributed by atoms with Gasteiger partial charge in [-0.3, -0.25) is 0 Å². The molecule has 0 fully saturated rings. The van der Waals surface area contributed by atoms with Crippen LogP contribution in [0.15, 0.2) is 11.1 Å². The van der Waals surface area contributed by atoms with Crippen molar-refractivity contribution >= 4 is 6.71 Å². The van der Waals surface area contributed by atoms with Gasteiger partial charge in [-0.25, -0.2) is 0 Å². The largest absolute Gasteiger partial charge is 0.143 e. The van der Waals surface area contributed by atoms with E-state index in [1.807, 2.05) is 0 Å². The normalized spacial score (nSPS) is 20.8. The third-order valence-electron chi connectivity index (χ3n) is 4.71. The Morgan fingerprint density at radius 2 is 1.59 bits per heavy atom. The Labute approximate surface area is 109 Å². The summed E-state index contributed by atoms with van der Waals surface area (Å²) in [4.78, 5) is 0. The first kappa shape index (κ1) is 14.9. The summed E-state index contributed by atoms with van der Waals surface area (Å²) < 4.78 is 0. The zero-order chi connectivity index (χ0) is 12.7. The lowest BCUT2D eigenvalue weighted by Crippen LogP contribution is -2.23. The maximum Gasteiger partial charge on any atom is 0.143 e. The van der Waals surface area contributed by atoms with E-state index in [0.29, 0.717) is 0 Å². The van der Waals surface area contributed by atoms with Crippen molar-refractivity contribution in [2.45, 2.75) is 91.1 Å². The van der Waals surface area contributed by atoms with E-state index in [1.165, 1.54) is 57.6 Å². The van der Waals surface area contributed by atoms with E-state index in [1.54, 1.807) is 11.1 Å². The third-order valence-corrected chi connectivity index (χ3v) is 4.71. The number of allylic oxidation sites excluding steroid dienone is 2. The van der Waals surface area contributed by atoms with E-state index in [9.17, 15) is 0 Å². The van der Waals surface area contributed by atoms with Crippen LogP contribution in [-0.4, -0.2) is 6.71 Å². The minimum absolute atomic E-state index is 0.997. The lowest BCUT2D eigenvalue weighted by molar-refractivity contribution is 0.645. The van der Waals surface area contributed by atoms with Crippen molar-refractivity contribution in [3.8, 4) is 0 Å². The van der Waals surface area contributed by atoms with Gasteiger partial charge in [-0.05, 0) is 26.7 Å². The molecule has 0 bridgehead atoms. The molecule has 0 heterocycles. The van der Waals surface area contributed by atoms with Gasteiger partial charge in [-0.15, -0.1) is 0 Å². The maximum atomic E-state index is 2.36. The number of rotatable bonds is 7. The van der Waals surface area contributed by atoms with Crippen molar-refractivity contribution in [3.05, 3.63) is 11.1 Å². The standard InChI is InChI=1S/C16H31B/c1-5-7-11-17(12-8-6-2)16-10-9-14(3)15(4)13-16/h16H,5-13H2,1-4H3. The summed E-state index contributed by atoms with van der Waals surface area (Å²) in [6, 6.07) is 0. The molecule has 0 N–H and O–H groups in total. The molecule has 1 atom stereocenters. The molecule has 0 radical (unpaired) electrons. The fraction of sp³-hybridized carbons (Fsp3) is 0.875. The van der Waals surface area contributed by atoms with Gasteiger partial charge >= 0.3 is 0 Å². The summed E-state index contributed by atoms with van der Waals surface area (Å²) in [5.74, 6) is 0.997. The Morgan fingerprint density at radius 1 is 1.00 bits per heavy atom. The van der Waals surface area contributed by atoms with Crippen molar-refractivity contribution < 1.29 is 0 Å². The second-order valence-corrected chi connectivity index (χ2v) is 6.11. The number of unbranched alkanes of at least 4 members (excludes halogenated alkanes) is 2. The molecule has 1 rings (SSSR count). The Bertz CT molecular complexity index is 234. The molecule has 0 aromatic carbocycles. The summed E-state index contributed by atoms with van der Waals surface area (Å²) in [6.45, 7) is 10.4. The minimum atomic E-state index is 0.997. The summed E-state index contributed by atoms with van der Waals surface area (Å²) >= 11 is 0. The zero-order valence-corrected chi connectivity index (χ0v) is 12.5. The molecular formula is C16H31B. The van der Waals surface area contributed by atoms with Gasteiger partial charge in [0.05, 0.1) is 0 Å². The van der Waals surface area contributed by atoms with Crippen LogP contribution in [-0.2, 0) is 0 Å². The van der Waals surface area contributed by atoms with Crippen molar-refractivity contribution in [2.75, 3.05) is 0 Å². The highest BCUT2D eigenvalue weighted by molar-refractivity contribution is 6.60. The van der Waals surface area contributed by atoms with Gasteiger partial charge in [-0.1, -0.05) is 75.6 Å². The van der Waals surface area contributed by atoms with Gasteiger partial charge in [0.25, 0.3) is 0 Å². The Kier molecular flexibility index (Phi) is 7.00. The molecule has 0 spiro atoms. The van der Waals surface area contributed by atoms with Crippen LogP contribution in [0.2, 0.25) is 18.5 Å². The van der Waals surface area contributed by atoms with E-state index in [2.05, 4.69) is 27.7 Å². The van der Waals surface area contributed by atoms with Crippen LogP contribution >= 0.6 is 0 Å². The Hall–Kier alpha value is -0.195. The van der Waals surface area contributed by atoms with Crippen LogP contribution in [0, 0.1) is 0 Å². The molecule has 1 unspecified atom stereocenters. The van der Waals surface area contributed by atoms with Crippen molar-refractivity contribution in [3.63, 3.8) is 0 Å². The molecule has 0 nitrogen and oxygen atoms in total. The molecular weight excluding hydrogens is 203 g/mol. The molecule has 1 aliphatic rings. The molecule has 98 valence electrons. The molecule has 0 amide bonds. The average molecular weight is 234 g/mol. The highest BCUT2D eigenvalue weighted by Gasteiger charge is 2.26. The molecule has 17 heavy (non-hydrogen) atoms. The van der Waals surface area contributed by atoms with E-state index >= 15 is 0 Å². The van der Waals surface area contributed by atoms with Crippen molar-refractivity contribution in [1.29, 1.82) is 0 Å². The SMILES string of the molecule is CCCCB(CCCC)C1CCC(C)=C(C)C1. The Balaban J connectivity index is 2.51. The molecule has 0 saturated carbocycles. The minimum Gasteiger partial charge on any atom is -0.0748 e. The van der Waals surface area contributed by atoms with Crippen molar-refractivity contribution in [1.82, 2.24) is 0 Å². The van der Waals surface area contributed by atoms with Crippen LogP contribution in [0.25, 0.3) is 0 Å². The maximum absolute atomic E-state index is 2.36. The summed E-state index contributed by atoms with van der Waals surface area (Å²) in [7, 11) is 0. The van der Waals surface area contributed by atoms with Gasteiger partial charge < -0.3 is 0 Å². The van der Waals surface area contributed by atoms with Crippen LogP contribution in [0.3, 0.4) is 0 Å². The number of hydrogen-bond donors (Lipinski definition) is 0. The van der Waals surface area contributed by atoms with E-state index < -0.39 is 0 Å². The Morgan fingerprint density at radius 3 is 2.06 bits per heavy atom. The second-order valence-electron chi connectivity index (χ2n) is 6.11. The summed E-state index contributed by atoms with van der Waals surface area (Å²) in [5.41, 5.74) is 3.37. The first-order chi connectivity index (χ1) is 8.19. The van der Waals surface area contributed by atoms with E-state index in [0.717, 1.165) is 12.5 Å². The fourth-order valence-corrected chi connectivity index (χ4v) is 3.24. The van der Waals surface area contributed by atoms with E-state index in [-0.39, 0.29) is 0 Å². The summed E-state index contributed by atoms with van der Waals surface area (Å²) in [5, 5.41) is 0. The third kappa shape index (κ3) is 4.90. The quantitative estimate of drug-likeness (QED) is 0.376. The highest BCUT2D eigenvalue weighted by Crippen LogP contribution is 2.38. The predicted molar refractivity (Wildman–Crippen MR) is 81.2 cm³/mol. The van der Waals surface area contributed by atoms with E-state index in [4.69, 9.17) is 0 Å². The fourth-order valence-electron chi connectivity index (χ4n) is 3.24. The molecule has 1 heteroatoms. The predicted octanol–water partition coefficient (Wildman–Crippen LogP) is 5.97. The lowest BCUT2D eigenvalue weighted by Gasteiger charge is -2.30. The van der Waals surface area contributed by atoms with Crippen LogP contribution in [0.1, 0.15) is 72.6 Å². The second kappa shape index (κ2) is 8.00. The van der Waals surface area contributed by atoms with Gasteiger partial charge in [0.15, 0.2) is 0 Å². The monoisotopic (exact) mass is 234 g/mol.